The minimum atomic E-state index is 0.650. The zero-order chi connectivity index (χ0) is 10.1. The molecule has 0 aliphatic rings. The van der Waals surface area contributed by atoms with Crippen LogP contribution in [-0.2, 0) is 0 Å². The highest BCUT2D eigenvalue weighted by Crippen LogP contribution is 2.18. The normalized spacial score (nSPS) is 14.1. The first-order chi connectivity index (χ1) is 6.22. The lowest BCUT2D eigenvalue weighted by atomic mass is 9.91. The lowest BCUT2D eigenvalue weighted by molar-refractivity contribution is 0.411. The summed E-state index contributed by atoms with van der Waals surface area (Å²) in [5.41, 5.74) is 0. The van der Waals surface area contributed by atoms with Crippen LogP contribution in [0.3, 0.4) is 0 Å². The van der Waals surface area contributed by atoms with Crippen molar-refractivity contribution in [3.8, 4) is 11.8 Å². The van der Waals surface area contributed by atoms with Crippen LogP contribution in [0.4, 0.5) is 0 Å². The van der Waals surface area contributed by atoms with E-state index < -0.39 is 0 Å². The molecule has 0 N–H and O–H groups in total. The Morgan fingerprint density at radius 3 is 2.54 bits per heavy atom. The fourth-order valence-corrected chi connectivity index (χ4v) is 1.30. The summed E-state index contributed by atoms with van der Waals surface area (Å²) in [7, 11) is 0. The molecular weight excluding hydrogens is 156 g/mol. The van der Waals surface area contributed by atoms with E-state index in [0.717, 1.165) is 12.3 Å². The first-order valence-electron chi connectivity index (χ1n) is 5.24. The van der Waals surface area contributed by atoms with Gasteiger partial charge in [-0.15, -0.1) is 18.4 Å². The maximum atomic E-state index is 3.82. The van der Waals surface area contributed by atoms with Gasteiger partial charge in [-0.25, -0.2) is 0 Å². The number of rotatable bonds is 6. The lowest BCUT2D eigenvalue weighted by Gasteiger charge is -2.15. The largest absolute Gasteiger partial charge is 0.107 e. The van der Waals surface area contributed by atoms with Crippen LogP contribution in [-0.4, -0.2) is 0 Å². The van der Waals surface area contributed by atoms with E-state index in [4.69, 9.17) is 0 Å². The van der Waals surface area contributed by atoms with E-state index in [1.54, 1.807) is 0 Å². The van der Waals surface area contributed by atoms with Crippen molar-refractivity contribution in [2.45, 2.75) is 46.5 Å². The zero-order valence-electron chi connectivity index (χ0n) is 9.27. The minimum absolute atomic E-state index is 0.650. The van der Waals surface area contributed by atoms with Crippen LogP contribution in [0.1, 0.15) is 46.5 Å². The smallest absolute Gasteiger partial charge is 0.00885 e. The third-order valence-electron chi connectivity index (χ3n) is 2.66. The Kier molecular flexibility index (Phi) is 7.50. The molecule has 0 aromatic heterocycles. The number of allylic oxidation sites excluding steroid dienone is 1. The second-order valence-electron chi connectivity index (χ2n) is 3.74. The number of unbranched alkanes of at least 4 members (excludes halogenated alkanes) is 2. The van der Waals surface area contributed by atoms with Gasteiger partial charge in [-0.3, -0.25) is 0 Å². The molecule has 0 spiro atoms. The van der Waals surface area contributed by atoms with Crippen molar-refractivity contribution in [2.75, 3.05) is 0 Å². The molecule has 0 saturated carbocycles. The van der Waals surface area contributed by atoms with Crippen LogP contribution >= 0.6 is 0 Å². The summed E-state index contributed by atoms with van der Waals surface area (Å²) in [6, 6.07) is 0. The van der Waals surface area contributed by atoms with E-state index in [2.05, 4.69) is 38.3 Å². The van der Waals surface area contributed by atoms with Gasteiger partial charge >= 0.3 is 0 Å². The van der Waals surface area contributed by atoms with Crippen LogP contribution in [0.15, 0.2) is 12.7 Å². The quantitative estimate of drug-likeness (QED) is 0.327. The molecule has 0 bridgehead atoms. The van der Waals surface area contributed by atoms with Crippen molar-refractivity contribution >= 4 is 0 Å². The molecule has 0 heterocycles. The molecule has 0 saturated heterocycles. The van der Waals surface area contributed by atoms with Gasteiger partial charge in [-0.1, -0.05) is 32.8 Å². The Bertz CT molecular complexity index is 180. The SMILES string of the molecule is C=CC(C)C(C)CCCCC#CC. The van der Waals surface area contributed by atoms with Crippen molar-refractivity contribution in [1.82, 2.24) is 0 Å². The van der Waals surface area contributed by atoms with Crippen molar-refractivity contribution in [3.05, 3.63) is 12.7 Å². The fraction of sp³-hybridized carbons (Fsp3) is 0.692. The maximum Gasteiger partial charge on any atom is 0.00885 e. The predicted molar refractivity (Wildman–Crippen MR) is 60.4 cm³/mol. The van der Waals surface area contributed by atoms with Gasteiger partial charge in [-0.05, 0) is 25.2 Å². The van der Waals surface area contributed by atoms with Crippen LogP contribution in [0.2, 0.25) is 0 Å². The molecule has 2 unspecified atom stereocenters. The Morgan fingerprint density at radius 2 is 2.00 bits per heavy atom. The number of hydrogen-bond donors (Lipinski definition) is 0. The van der Waals surface area contributed by atoms with Crippen LogP contribution in [0.25, 0.3) is 0 Å². The third-order valence-corrected chi connectivity index (χ3v) is 2.66. The molecule has 0 aromatic rings. The molecule has 2 atom stereocenters. The van der Waals surface area contributed by atoms with Crippen molar-refractivity contribution in [1.29, 1.82) is 0 Å². The molecule has 13 heavy (non-hydrogen) atoms. The van der Waals surface area contributed by atoms with Gasteiger partial charge < -0.3 is 0 Å². The second kappa shape index (κ2) is 7.92. The first kappa shape index (κ1) is 12.3. The van der Waals surface area contributed by atoms with Crippen LogP contribution in [0.5, 0.6) is 0 Å². The molecule has 0 aromatic carbocycles. The zero-order valence-corrected chi connectivity index (χ0v) is 9.27. The van der Waals surface area contributed by atoms with Gasteiger partial charge in [0.2, 0.25) is 0 Å². The molecule has 0 nitrogen and oxygen atoms in total. The van der Waals surface area contributed by atoms with Gasteiger partial charge in [-0.2, -0.15) is 0 Å². The summed E-state index contributed by atoms with van der Waals surface area (Å²) in [4.78, 5) is 0. The van der Waals surface area contributed by atoms with E-state index in [1.807, 2.05) is 6.92 Å². The topological polar surface area (TPSA) is 0 Å². The van der Waals surface area contributed by atoms with Gasteiger partial charge in [0.25, 0.3) is 0 Å². The highest BCUT2D eigenvalue weighted by atomic mass is 14.1. The molecule has 0 fully saturated rings. The summed E-state index contributed by atoms with van der Waals surface area (Å²) < 4.78 is 0. The van der Waals surface area contributed by atoms with E-state index in [9.17, 15) is 0 Å². The Labute approximate surface area is 83.4 Å². The summed E-state index contributed by atoms with van der Waals surface area (Å²) in [5.74, 6) is 7.44. The minimum Gasteiger partial charge on any atom is -0.107 e. The summed E-state index contributed by atoms with van der Waals surface area (Å²) in [5, 5.41) is 0. The summed E-state index contributed by atoms with van der Waals surface area (Å²) in [6.07, 6.45) is 6.96. The molecular formula is C13H22. The van der Waals surface area contributed by atoms with E-state index in [-0.39, 0.29) is 0 Å². The Hall–Kier alpha value is -0.700. The molecule has 74 valence electrons. The average Bonchev–Trinajstić information content (AvgIpc) is 2.16. The molecule has 0 amide bonds. The van der Waals surface area contributed by atoms with Crippen LogP contribution < -0.4 is 0 Å². The Morgan fingerprint density at radius 1 is 1.31 bits per heavy atom. The fourth-order valence-electron chi connectivity index (χ4n) is 1.30. The highest BCUT2D eigenvalue weighted by Gasteiger charge is 2.07. The predicted octanol–water partition coefficient (Wildman–Crippen LogP) is 4.03. The van der Waals surface area contributed by atoms with Gasteiger partial charge in [0.15, 0.2) is 0 Å². The standard InChI is InChI=1S/C13H22/c1-5-7-8-9-10-11-13(4)12(3)6-2/h6,12-13H,2,8-11H2,1,3-4H3. The number of hydrogen-bond acceptors (Lipinski definition) is 0. The van der Waals surface area contributed by atoms with E-state index in [0.29, 0.717) is 5.92 Å². The molecule has 0 aliphatic carbocycles. The molecule has 0 radical (unpaired) electrons. The Balaban J connectivity index is 3.39. The van der Waals surface area contributed by atoms with Gasteiger partial charge in [0.05, 0.1) is 0 Å². The first-order valence-corrected chi connectivity index (χ1v) is 5.24. The maximum absolute atomic E-state index is 3.82. The monoisotopic (exact) mass is 178 g/mol. The van der Waals surface area contributed by atoms with Crippen LogP contribution in [0, 0.1) is 23.7 Å². The van der Waals surface area contributed by atoms with Gasteiger partial charge in [0, 0.05) is 6.42 Å². The summed E-state index contributed by atoms with van der Waals surface area (Å²) >= 11 is 0. The van der Waals surface area contributed by atoms with E-state index >= 15 is 0 Å². The second-order valence-corrected chi connectivity index (χ2v) is 3.74. The van der Waals surface area contributed by atoms with Gasteiger partial charge in [0.1, 0.15) is 0 Å². The van der Waals surface area contributed by atoms with Crippen molar-refractivity contribution in [2.24, 2.45) is 11.8 Å². The summed E-state index contributed by atoms with van der Waals surface area (Å²) in [6.45, 7) is 10.3. The van der Waals surface area contributed by atoms with Crippen molar-refractivity contribution < 1.29 is 0 Å². The lowest BCUT2D eigenvalue weighted by Crippen LogP contribution is -2.04. The third kappa shape index (κ3) is 6.46. The van der Waals surface area contributed by atoms with E-state index in [1.165, 1.54) is 19.3 Å². The highest BCUT2D eigenvalue weighted by molar-refractivity contribution is 4.94. The molecule has 0 heteroatoms. The molecule has 0 rings (SSSR count). The molecule has 0 aliphatic heterocycles. The van der Waals surface area contributed by atoms with Crippen molar-refractivity contribution in [3.63, 3.8) is 0 Å². The average molecular weight is 178 g/mol.